The minimum absolute atomic E-state index is 0.207. The van der Waals surface area contributed by atoms with Gasteiger partial charge in [-0.25, -0.2) is 0 Å². The SMILES string of the molecule is CC(C#N)C1CCC(O[Si](C)(C)C(C)(C)C)CC1. The third-order valence-corrected chi connectivity index (χ3v) is 9.43. The van der Waals surface area contributed by atoms with Gasteiger partial charge < -0.3 is 4.43 Å². The van der Waals surface area contributed by atoms with Crippen LogP contribution in [0.25, 0.3) is 0 Å². The molecule has 2 nitrogen and oxygen atoms in total. The van der Waals surface area contributed by atoms with Crippen molar-refractivity contribution in [2.75, 3.05) is 0 Å². The van der Waals surface area contributed by atoms with Crippen molar-refractivity contribution in [2.45, 2.75) is 77.6 Å². The summed E-state index contributed by atoms with van der Waals surface area (Å²) in [5.41, 5.74) is 0. The van der Waals surface area contributed by atoms with Crippen LogP contribution < -0.4 is 0 Å². The fourth-order valence-electron chi connectivity index (χ4n) is 2.41. The first-order valence-corrected chi connectivity index (χ1v) is 10.2. The Balaban J connectivity index is 2.48. The van der Waals surface area contributed by atoms with Gasteiger partial charge in [0.2, 0.25) is 0 Å². The zero-order chi connectivity index (χ0) is 14.0. The van der Waals surface area contributed by atoms with Crippen LogP contribution in [0.15, 0.2) is 0 Å². The van der Waals surface area contributed by atoms with Crippen molar-refractivity contribution in [1.29, 1.82) is 5.26 Å². The maximum atomic E-state index is 8.97. The van der Waals surface area contributed by atoms with E-state index in [4.69, 9.17) is 9.69 Å². The first-order chi connectivity index (χ1) is 8.17. The van der Waals surface area contributed by atoms with E-state index in [2.05, 4.69) is 46.9 Å². The molecule has 1 fully saturated rings. The van der Waals surface area contributed by atoms with Crippen LogP contribution in [-0.2, 0) is 4.43 Å². The van der Waals surface area contributed by atoms with E-state index < -0.39 is 8.32 Å². The summed E-state index contributed by atoms with van der Waals surface area (Å²) in [5.74, 6) is 0.799. The molecule has 1 unspecified atom stereocenters. The summed E-state index contributed by atoms with van der Waals surface area (Å²) in [4.78, 5) is 0. The Hall–Kier alpha value is -0.333. The standard InChI is InChI=1S/C15H29NOSi/c1-12(11-16)13-7-9-14(10-8-13)17-18(5,6)15(2,3)4/h12-14H,7-10H2,1-6H3. The summed E-state index contributed by atoms with van der Waals surface area (Å²) in [6.45, 7) is 13.6. The predicted molar refractivity (Wildman–Crippen MR) is 78.8 cm³/mol. The second-order valence-corrected chi connectivity index (χ2v) is 12.1. The third kappa shape index (κ3) is 3.83. The molecule has 3 heteroatoms. The highest BCUT2D eigenvalue weighted by atomic mass is 28.4. The van der Waals surface area contributed by atoms with Gasteiger partial charge in [0.25, 0.3) is 0 Å². The van der Waals surface area contributed by atoms with Gasteiger partial charge in [-0.05, 0) is 56.7 Å². The molecular weight excluding hydrogens is 238 g/mol. The maximum absolute atomic E-state index is 8.97. The lowest BCUT2D eigenvalue weighted by Crippen LogP contribution is -2.44. The van der Waals surface area contributed by atoms with Crippen LogP contribution in [0.4, 0.5) is 0 Å². The van der Waals surface area contributed by atoms with Gasteiger partial charge >= 0.3 is 0 Å². The zero-order valence-electron chi connectivity index (χ0n) is 12.9. The molecule has 0 aromatic carbocycles. The van der Waals surface area contributed by atoms with E-state index in [1.165, 1.54) is 0 Å². The summed E-state index contributed by atoms with van der Waals surface area (Å²) < 4.78 is 6.46. The van der Waals surface area contributed by atoms with Crippen molar-refractivity contribution in [2.24, 2.45) is 11.8 Å². The minimum Gasteiger partial charge on any atom is -0.414 e. The summed E-state index contributed by atoms with van der Waals surface area (Å²) in [7, 11) is -1.61. The summed E-state index contributed by atoms with van der Waals surface area (Å²) in [6, 6.07) is 2.39. The van der Waals surface area contributed by atoms with Crippen LogP contribution in [-0.4, -0.2) is 14.4 Å². The second-order valence-electron chi connectivity index (χ2n) is 7.33. The smallest absolute Gasteiger partial charge is 0.192 e. The topological polar surface area (TPSA) is 33.0 Å². The Labute approximate surface area is 114 Å². The summed E-state index contributed by atoms with van der Waals surface area (Å²) in [5, 5.41) is 9.27. The first-order valence-electron chi connectivity index (χ1n) is 7.25. The third-order valence-electron chi connectivity index (χ3n) is 4.90. The Bertz CT molecular complexity index is 305. The molecule has 0 amide bonds. The lowest BCUT2D eigenvalue weighted by atomic mass is 9.80. The number of rotatable bonds is 3. The highest BCUT2D eigenvalue weighted by Crippen LogP contribution is 2.40. The number of nitriles is 1. The van der Waals surface area contributed by atoms with Crippen LogP contribution in [0.1, 0.15) is 53.4 Å². The second kappa shape index (κ2) is 5.75. The lowest BCUT2D eigenvalue weighted by molar-refractivity contribution is 0.108. The van der Waals surface area contributed by atoms with E-state index >= 15 is 0 Å². The molecule has 0 aromatic rings. The largest absolute Gasteiger partial charge is 0.414 e. The maximum Gasteiger partial charge on any atom is 0.192 e. The van der Waals surface area contributed by atoms with Gasteiger partial charge in [0.05, 0.1) is 6.07 Å². The molecule has 0 radical (unpaired) electrons. The van der Waals surface area contributed by atoms with E-state index in [1.807, 2.05) is 0 Å². The van der Waals surface area contributed by atoms with Crippen molar-refractivity contribution in [3.05, 3.63) is 0 Å². The van der Waals surface area contributed by atoms with Crippen molar-refractivity contribution in [1.82, 2.24) is 0 Å². The van der Waals surface area contributed by atoms with Crippen LogP contribution in [0.3, 0.4) is 0 Å². The Kier molecular flexibility index (Phi) is 5.03. The Morgan fingerprint density at radius 2 is 1.67 bits per heavy atom. The van der Waals surface area contributed by atoms with Crippen LogP contribution >= 0.6 is 0 Å². The predicted octanol–water partition coefficient (Wildman–Crippen LogP) is 4.73. The minimum atomic E-state index is -1.61. The molecule has 0 N–H and O–H groups in total. The Morgan fingerprint density at radius 3 is 2.06 bits per heavy atom. The van der Waals surface area contributed by atoms with Crippen molar-refractivity contribution in [3.8, 4) is 6.07 Å². The summed E-state index contributed by atoms with van der Waals surface area (Å²) in [6.07, 6.45) is 5.04. The fourth-order valence-corrected chi connectivity index (χ4v) is 3.83. The van der Waals surface area contributed by atoms with Crippen LogP contribution in [0.2, 0.25) is 18.1 Å². The molecule has 0 heterocycles. The van der Waals surface area contributed by atoms with Crippen LogP contribution in [0, 0.1) is 23.2 Å². The average Bonchev–Trinajstić information content (AvgIpc) is 2.27. The molecule has 1 atom stereocenters. The molecule has 18 heavy (non-hydrogen) atoms. The van der Waals surface area contributed by atoms with Gasteiger partial charge in [-0.2, -0.15) is 5.26 Å². The van der Waals surface area contributed by atoms with Crippen LogP contribution in [0.5, 0.6) is 0 Å². The molecule has 1 rings (SSSR count). The molecular formula is C15H29NOSi. The van der Waals surface area contributed by atoms with E-state index in [0.29, 0.717) is 17.1 Å². The number of nitrogens with zero attached hydrogens (tertiary/aromatic N) is 1. The monoisotopic (exact) mass is 267 g/mol. The highest BCUT2D eigenvalue weighted by Gasteiger charge is 2.40. The lowest BCUT2D eigenvalue weighted by Gasteiger charge is -2.41. The van der Waals surface area contributed by atoms with Gasteiger partial charge in [0.1, 0.15) is 0 Å². The van der Waals surface area contributed by atoms with Gasteiger partial charge in [0, 0.05) is 12.0 Å². The average molecular weight is 267 g/mol. The molecule has 0 saturated heterocycles. The number of hydrogen-bond donors (Lipinski definition) is 0. The first kappa shape index (κ1) is 15.7. The molecule has 0 bridgehead atoms. The number of hydrogen-bond acceptors (Lipinski definition) is 2. The van der Waals surface area contributed by atoms with Crippen molar-refractivity contribution < 1.29 is 4.43 Å². The molecule has 0 aromatic heterocycles. The molecule has 1 saturated carbocycles. The van der Waals surface area contributed by atoms with Gasteiger partial charge in [-0.3, -0.25) is 0 Å². The fraction of sp³-hybridized carbons (Fsp3) is 0.933. The normalized spacial score (nSPS) is 27.6. The highest BCUT2D eigenvalue weighted by molar-refractivity contribution is 6.74. The van der Waals surface area contributed by atoms with Gasteiger partial charge in [0.15, 0.2) is 8.32 Å². The van der Waals surface area contributed by atoms with E-state index in [-0.39, 0.29) is 5.92 Å². The molecule has 0 aliphatic heterocycles. The van der Waals surface area contributed by atoms with Crippen molar-refractivity contribution in [3.63, 3.8) is 0 Å². The zero-order valence-corrected chi connectivity index (χ0v) is 13.9. The molecule has 0 spiro atoms. The van der Waals surface area contributed by atoms with E-state index in [1.54, 1.807) is 0 Å². The van der Waals surface area contributed by atoms with Gasteiger partial charge in [-0.15, -0.1) is 0 Å². The quantitative estimate of drug-likeness (QED) is 0.693. The van der Waals surface area contributed by atoms with Crippen molar-refractivity contribution >= 4 is 8.32 Å². The van der Waals surface area contributed by atoms with E-state index in [0.717, 1.165) is 25.7 Å². The molecule has 104 valence electrons. The van der Waals surface area contributed by atoms with E-state index in [9.17, 15) is 0 Å². The molecule has 1 aliphatic carbocycles. The molecule has 1 aliphatic rings. The Morgan fingerprint density at radius 1 is 1.17 bits per heavy atom. The van der Waals surface area contributed by atoms with Gasteiger partial charge in [-0.1, -0.05) is 20.8 Å². The summed E-state index contributed by atoms with van der Waals surface area (Å²) >= 11 is 0.